The zero-order chi connectivity index (χ0) is 36.5. The molecule has 2 atom stereocenters. The number of ether oxygens (including phenoxy) is 4. The van der Waals surface area contributed by atoms with E-state index in [1.54, 1.807) is 48.5 Å². The van der Waals surface area contributed by atoms with Gasteiger partial charge in [-0.05, 0) is 160 Å². The second kappa shape index (κ2) is 16.8. The summed E-state index contributed by atoms with van der Waals surface area (Å²) >= 11 is 0. The molecule has 0 unspecified atom stereocenters. The maximum Gasteiger partial charge on any atom is 0.514 e. The van der Waals surface area contributed by atoms with Crippen LogP contribution >= 0.6 is 0 Å². The van der Waals surface area contributed by atoms with Crippen molar-refractivity contribution >= 4 is 24.2 Å². The van der Waals surface area contributed by atoms with Crippen LogP contribution in [0.5, 0.6) is 11.5 Å². The Kier molecular flexibility index (Phi) is 12.4. The van der Waals surface area contributed by atoms with Gasteiger partial charge in [-0.3, -0.25) is 9.59 Å². The Hall–Kier alpha value is -3.64. The number of hydrogen-bond acceptors (Lipinski definition) is 10. The van der Waals surface area contributed by atoms with Gasteiger partial charge < -0.3 is 40.6 Å². The molecule has 13 heteroatoms. The van der Waals surface area contributed by atoms with Crippen molar-refractivity contribution in [3.63, 3.8) is 0 Å². The van der Waals surface area contributed by atoms with Gasteiger partial charge in [-0.25, -0.2) is 9.59 Å². The summed E-state index contributed by atoms with van der Waals surface area (Å²) in [6, 6.07) is 11.5. The molecule has 8 fully saturated rings. The summed E-state index contributed by atoms with van der Waals surface area (Å²) in [7, 11) is 0. The van der Waals surface area contributed by atoms with Gasteiger partial charge in [-0.2, -0.15) is 0 Å². The number of rotatable bonds is 10. The Balaban J connectivity index is 0.000000178. The standard InChI is InChI=1S/2C20H25NO5.Cu/c2*21-17(19(22)23)10-11-1-3-16(4-2-11)25-20(24)26-18-14-6-12-5-13(8-14)9-15(18)7-12;/h2*1-4,12-15,17-18H,5-10,21H2,(H,22,23);/t2*12?,13?,14?,15?,17-,18?;/m00./s1. The summed E-state index contributed by atoms with van der Waals surface area (Å²) < 4.78 is 22.0. The average Bonchev–Trinajstić information content (AvgIpc) is 3.09. The molecule has 8 aliphatic rings. The number of aliphatic carboxylic acids is 2. The third kappa shape index (κ3) is 9.54. The van der Waals surface area contributed by atoms with Crippen LogP contribution < -0.4 is 20.9 Å². The Bertz CT molecular complexity index is 1440. The van der Waals surface area contributed by atoms with Gasteiger partial charge in [0.2, 0.25) is 0 Å². The van der Waals surface area contributed by atoms with E-state index >= 15 is 0 Å². The van der Waals surface area contributed by atoms with E-state index in [0.29, 0.717) is 35.2 Å². The number of carbonyl (C=O) groups excluding carboxylic acids is 2. The molecular weight excluding hydrogens is 732 g/mol. The van der Waals surface area contributed by atoms with Crippen molar-refractivity contribution in [2.45, 2.75) is 101 Å². The molecule has 0 aliphatic heterocycles. The first kappa shape index (κ1) is 39.1. The van der Waals surface area contributed by atoms with E-state index in [9.17, 15) is 19.2 Å². The van der Waals surface area contributed by atoms with Gasteiger partial charge in [0.1, 0.15) is 35.8 Å². The number of nitrogens with two attached hydrogens (primary N) is 2. The molecule has 53 heavy (non-hydrogen) atoms. The minimum Gasteiger partial charge on any atom is -0.480 e. The normalized spacial score (nSPS) is 32.3. The summed E-state index contributed by atoms with van der Waals surface area (Å²) in [5.74, 6) is 4.04. The Morgan fingerprint density at radius 2 is 0.811 bits per heavy atom. The van der Waals surface area contributed by atoms with E-state index < -0.39 is 36.3 Å². The molecule has 1 radical (unpaired) electrons. The average molecular weight is 782 g/mol. The fourth-order valence-electron chi connectivity index (χ4n) is 10.7. The second-order valence-electron chi connectivity index (χ2n) is 16.3. The van der Waals surface area contributed by atoms with Crippen LogP contribution in [0.2, 0.25) is 0 Å². The predicted molar refractivity (Wildman–Crippen MR) is 187 cm³/mol. The maximum absolute atomic E-state index is 12.2. The number of carbonyl (C=O) groups is 4. The SMILES string of the molecule is N[C@@H](Cc1ccc(OC(=O)OC2C3CC4CC(C3)CC2C4)cc1)C(=O)O.N[C@@H](Cc1ccc(OC(=O)OC2C3CC4CC(C3)CC2C4)cc1)C(=O)O.[Cu]. The van der Waals surface area contributed by atoms with Crippen molar-refractivity contribution in [1.82, 2.24) is 0 Å². The van der Waals surface area contributed by atoms with E-state index in [0.717, 1.165) is 34.8 Å². The van der Waals surface area contributed by atoms with Crippen LogP contribution in [-0.2, 0) is 49.0 Å². The van der Waals surface area contributed by atoms with Gasteiger partial charge in [0, 0.05) is 17.1 Å². The Labute approximate surface area is 320 Å². The molecule has 0 saturated heterocycles. The van der Waals surface area contributed by atoms with Gasteiger partial charge in [-0.1, -0.05) is 24.3 Å². The van der Waals surface area contributed by atoms with E-state index in [-0.39, 0.29) is 42.1 Å². The molecule has 0 amide bonds. The molecule has 2 aromatic rings. The zero-order valence-corrected chi connectivity index (χ0v) is 30.6. The molecule has 6 N–H and O–H groups in total. The molecule has 0 aromatic heterocycles. The maximum atomic E-state index is 12.2. The van der Waals surface area contributed by atoms with Gasteiger partial charge in [0.15, 0.2) is 0 Å². The number of benzene rings is 2. The molecule has 8 saturated carbocycles. The number of carboxylic acids is 2. The summed E-state index contributed by atoms with van der Waals surface area (Å²) in [5.41, 5.74) is 12.6. The van der Waals surface area contributed by atoms with Crippen LogP contribution in [0.3, 0.4) is 0 Å². The minimum atomic E-state index is -1.04. The first-order valence-electron chi connectivity index (χ1n) is 18.9. The molecule has 8 aliphatic carbocycles. The van der Waals surface area contributed by atoms with Crippen molar-refractivity contribution in [2.75, 3.05) is 0 Å². The Morgan fingerprint density at radius 3 is 1.08 bits per heavy atom. The van der Waals surface area contributed by atoms with Crippen molar-refractivity contribution in [2.24, 2.45) is 58.8 Å². The summed E-state index contributed by atoms with van der Waals surface area (Å²) in [4.78, 5) is 46.0. The van der Waals surface area contributed by atoms with E-state index in [2.05, 4.69) is 0 Å². The largest absolute Gasteiger partial charge is 0.514 e. The first-order chi connectivity index (χ1) is 24.9. The topological polar surface area (TPSA) is 198 Å². The molecular formula is C40H50CuN2O10. The molecule has 0 heterocycles. The van der Waals surface area contributed by atoms with Crippen molar-refractivity contribution in [3.8, 4) is 11.5 Å². The number of hydrogen-bond donors (Lipinski definition) is 4. The monoisotopic (exact) mass is 781 g/mol. The van der Waals surface area contributed by atoms with Gasteiger partial charge in [0.25, 0.3) is 0 Å². The van der Waals surface area contributed by atoms with Crippen LogP contribution in [0.1, 0.15) is 75.3 Å². The van der Waals surface area contributed by atoms with E-state index in [1.165, 1.54) is 64.2 Å². The van der Waals surface area contributed by atoms with Gasteiger partial charge in [-0.15, -0.1) is 0 Å². The first-order valence-corrected chi connectivity index (χ1v) is 18.9. The van der Waals surface area contributed by atoms with Crippen LogP contribution in [-0.4, -0.2) is 58.8 Å². The fraction of sp³-hybridized carbons (Fsp3) is 0.600. The second-order valence-corrected chi connectivity index (χ2v) is 16.3. The van der Waals surface area contributed by atoms with Gasteiger partial charge >= 0.3 is 24.2 Å². The molecule has 0 spiro atoms. The molecule has 8 bridgehead atoms. The molecule has 12 nitrogen and oxygen atoms in total. The Morgan fingerprint density at radius 1 is 0.528 bits per heavy atom. The summed E-state index contributed by atoms with van der Waals surface area (Å²) in [6.45, 7) is 0. The summed E-state index contributed by atoms with van der Waals surface area (Å²) in [6.07, 6.45) is 11.4. The van der Waals surface area contributed by atoms with Crippen molar-refractivity contribution < 1.29 is 65.4 Å². The molecule has 10 rings (SSSR count). The van der Waals surface area contributed by atoms with E-state index in [4.69, 9.17) is 40.6 Å². The van der Waals surface area contributed by atoms with Crippen LogP contribution in [0.25, 0.3) is 0 Å². The summed E-state index contributed by atoms with van der Waals surface area (Å²) in [5, 5.41) is 17.7. The van der Waals surface area contributed by atoms with Crippen LogP contribution in [0, 0.1) is 47.3 Å². The number of carboxylic acid groups (broad SMARTS) is 2. The van der Waals surface area contributed by atoms with Crippen molar-refractivity contribution in [3.05, 3.63) is 59.7 Å². The van der Waals surface area contributed by atoms with Gasteiger partial charge in [0.05, 0.1) is 0 Å². The predicted octanol–water partition coefficient (Wildman–Crippen LogP) is 5.96. The quantitative estimate of drug-likeness (QED) is 0.126. The zero-order valence-electron chi connectivity index (χ0n) is 29.6. The smallest absolute Gasteiger partial charge is 0.480 e. The van der Waals surface area contributed by atoms with E-state index in [1.807, 2.05) is 0 Å². The third-order valence-electron chi connectivity index (χ3n) is 12.5. The molecule has 2 aromatic carbocycles. The third-order valence-corrected chi connectivity index (χ3v) is 12.5. The van der Waals surface area contributed by atoms with Crippen molar-refractivity contribution in [1.29, 1.82) is 0 Å². The minimum absolute atomic E-state index is 0. The molecule has 291 valence electrons. The van der Waals surface area contributed by atoms with Crippen LogP contribution in [0.4, 0.5) is 9.59 Å². The van der Waals surface area contributed by atoms with Crippen LogP contribution in [0.15, 0.2) is 48.5 Å². The fourth-order valence-corrected chi connectivity index (χ4v) is 10.7.